The van der Waals surface area contributed by atoms with Gasteiger partial charge in [-0.15, -0.1) is 11.3 Å². The maximum atomic E-state index is 13.4. The maximum absolute atomic E-state index is 13.4. The minimum atomic E-state index is -0.249. The van der Waals surface area contributed by atoms with Gasteiger partial charge in [-0.2, -0.15) is 0 Å². The van der Waals surface area contributed by atoms with Crippen LogP contribution in [0.1, 0.15) is 36.8 Å². The summed E-state index contributed by atoms with van der Waals surface area (Å²) in [6, 6.07) is 9.95. The third-order valence-electron chi connectivity index (χ3n) is 6.16. The van der Waals surface area contributed by atoms with E-state index in [0.717, 1.165) is 36.8 Å². The first-order valence-electron chi connectivity index (χ1n) is 10.5. The molecule has 0 saturated heterocycles. The van der Waals surface area contributed by atoms with Gasteiger partial charge in [0.2, 0.25) is 5.91 Å². The molecule has 1 aliphatic carbocycles. The maximum Gasteiger partial charge on any atom is 0.331 e. The Morgan fingerprint density at radius 2 is 1.90 bits per heavy atom. The Balaban J connectivity index is 1.65. The molecular formula is C23H27N3O3S. The molecule has 2 aromatic heterocycles. The number of carbonyl (C=O) groups excluding carboxylic acids is 1. The summed E-state index contributed by atoms with van der Waals surface area (Å²) < 4.78 is 3.76. The quantitative estimate of drug-likeness (QED) is 0.683. The number of aromatic nitrogens is 2. The molecule has 0 radical (unpaired) electrons. The molecule has 7 heteroatoms. The topological polar surface area (TPSA) is 73.1 Å². The Bertz CT molecular complexity index is 1180. The van der Waals surface area contributed by atoms with Gasteiger partial charge in [0.25, 0.3) is 5.56 Å². The summed E-state index contributed by atoms with van der Waals surface area (Å²) in [5.74, 6) is 0.369. The van der Waals surface area contributed by atoms with Gasteiger partial charge in [0.1, 0.15) is 4.70 Å². The predicted molar refractivity (Wildman–Crippen MR) is 120 cm³/mol. The summed E-state index contributed by atoms with van der Waals surface area (Å²) in [6.45, 7) is 2.89. The van der Waals surface area contributed by atoms with Gasteiger partial charge in [0.15, 0.2) is 0 Å². The van der Waals surface area contributed by atoms with Crippen molar-refractivity contribution in [2.75, 3.05) is 7.05 Å². The Morgan fingerprint density at radius 3 is 2.60 bits per heavy atom. The summed E-state index contributed by atoms with van der Waals surface area (Å²) in [6.07, 6.45) is 3.31. The molecule has 0 spiro atoms. The average Bonchev–Trinajstić information content (AvgIpc) is 3.24. The van der Waals surface area contributed by atoms with Crippen molar-refractivity contribution in [1.82, 2.24) is 14.5 Å². The number of fused-ring (bicyclic) bond motifs is 1. The number of aryl methyl sites for hydroxylation is 1. The number of hydrogen-bond acceptors (Lipinski definition) is 4. The second-order valence-corrected chi connectivity index (χ2v) is 9.16. The van der Waals surface area contributed by atoms with Crippen LogP contribution in [0.15, 0.2) is 45.3 Å². The van der Waals surface area contributed by atoms with Gasteiger partial charge < -0.3 is 5.32 Å². The Kier molecular flexibility index (Phi) is 5.90. The zero-order chi connectivity index (χ0) is 21.3. The molecule has 0 aliphatic heterocycles. The fraction of sp³-hybridized carbons (Fsp3) is 0.435. The molecule has 158 valence electrons. The number of hydrogen-bond donors (Lipinski definition) is 1. The molecule has 2 heterocycles. The first kappa shape index (κ1) is 20.6. The van der Waals surface area contributed by atoms with Gasteiger partial charge in [0, 0.05) is 19.5 Å². The van der Waals surface area contributed by atoms with Crippen molar-refractivity contribution in [3.8, 4) is 0 Å². The zero-order valence-electron chi connectivity index (χ0n) is 17.4. The minimum Gasteiger partial charge on any atom is -0.359 e. The monoisotopic (exact) mass is 425 g/mol. The molecule has 1 fully saturated rings. The van der Waals surface area contributed by atoms with E-state index in [4.69, 9.17) is 0 Å². The van der Waals surface area contributed by atoms with Gasteiger partial charge in [-0.1, -0.05) is 29.8 Å². The van der Waals surface area contributed by atoms with Crippen molar-refractivity contribution >= 4 is 27.5 Å². The van der Waals surface area contributed by atoms with Crippen LogP contribution in [0, 0.1) is 18.8 Å². The lowest BCUT2D eigenvalue weighted by atomic mass is 9.81. The molecule has 1 aromatic carbocycles. The van der Waals surface area contributed by atoms with E-state index in [1.807, 2.05) is 36.6 Å². The minimum absolute atomic E-state index is 0.0423. The van der Waals surface area contributed by atoms with Crippen LogP contribution in [0.5, 0.6) is 0 Å². The highest BCUT2D eigenvalue weighted by molar-refractivity contribution is 7.17. The lowest BCUT2D eigenvalue weighted by Crippen LogP contribution is -2.42. The molecule has 4 rings (SSSR count). The lowest BCUT2D eigenvalue weighted by molar-refractivity contribution is -0.125. The van der Waals surface area contributed by atoms with Gasteiger partial charge >= 0.3 is 5.69 Å². The predicted octanol–water partition coefficient (Wildman–Crippen LogP) is 3.13. The number of amides is 1. The highest BCUT2D eigenvalue weighted by atomic mass is 32.1. The Hall–Kier alpha value is -2.67. The number of thiophene rings is 1. The van der Waals surface area contributed by atoms with Gasteiger partial charge in [-0.3, -0.25) is 18.7 Å². The van der Waals surface area contributed by atoms with Crippen LogP contribution in [0.2, 0.25) is 0 Å². The highest BCUT2D eigenvalue weighted by Crippen LogP contribution is 2.29. The first-order valence-corrected chi connectivity index (χ1v) is 11.3. The van der Waals surface area contributed by atoms with Gasteiger partial charge in [-0.25, -0.2) is 4.79 Å². The molecule has 30 heavy (non-hydrogen) atoms. The van der Waals surface area contributed by atoms with E-state index in [1.54, 1.807) is 11.6 Å². The number of benzene rings is 1. The summed E-state index contributed by atoms with van der Waals surface area (Å²) in [5, 5.41) is 4.60. The van der Waals surface area contributed by atoms with Crippen molar-refractivity contribution < 1.29 is 4.79 Å². The van der Waals surface area contributed by atoms with Crippen LogP contribution in [-0.4, -0.2) is 22.1 Å². The average molecular weight is 426 g/mol. The smallest absolute Gasteiger partial charge is 0.331 e. The number of carbonyl (C=O) groups is 1. The highest BCUT2D eigenvalue weighted by Gasteiger charge is 2.27. The number of nitrogens with one attached hydrogen (secondary N) is 1. The van der Waals surface area contributed by atoms with Crippen molar-refractivity contribution in [1.29, 1.82) is 0 Å². The van der Waals surface area contributed by atoms with E-state index in [0.29, 0.717) is 23.3 Å². The van der Waals surface area contributed by atoms with Crippen molar-refractivity contribution in [3.05, 3.63) is 67.7 Å². The van der Waals surface area contributed by atoms with Gasteiger partial charge in [0.05, 0.1) is 12.1 Å². The lowest BCUT2D eigenvalue weighted by Gasteiger charge is -2.27. The van der Waals surface area contributed by atoms with E-state index in [2.05, 4.69) is 11.4 Å². The van der Waals surface area contributed by atoms with E-state index in [-0.39, 0.29) is 29.0 Å². The van der Waals surface area contributed by atoms with E-state index >= 15 is 0 Å². The van der Waals surface area contributed by atoms with E-state index in [1.165, 1.54) is 15.9 Å². The second-order valence-electron chi connectivity index (χ2n) is 8.24. The molecule has 0 atom stereocenters. The molecule has 0 unspecified atom stereocenters. The van der Waals surface area contributed by atoms with Crippen molar-refractivity contribution in [2.45, 2.75) is 45.7 Å². The van der Waals surface area contributed by atoms with Crippen LogP contribution >= 0.6 is 11.3 Å². The van der Waals surface area contributed by atoms with Crippen LogP contribution in [-0.2, 0) is 17.9 Å². The Labute approximate surface area is 179 Å². The summed E-state index contributed by atoms with van der Waals surface area (Å²) in [7, 11) is 1.67. The van der Waals surface area contributed by atoms with Crippen LogP contribution in [0.4, 0.5) is 0 Å². The number of rotatable bonds is 5. The van der Waals surface area contributed by atoms with Gasteiger partial charge in [-0.05, 0) is 55.5 Å². The third-order valence-corrected chi connectivity index (χ3v) is 7.06. The van der Waals surface area contributed by atoms with Crippen LogP contribution in [0.3, 0.4) is 0 Å². The fourth-order valence-corrected chi connectivity index (χ4v) is 5.35. The second kappa shape index (κ2) is 8.60. The van der Waals surface area contributed by atoms with Crippen molar-refractivity contribution in [3.63, 3.8) is 0 Å². The van der Waals surface area contributed by atoms with Crippen molar-refractivity contribution in [2.24, 2.45) is 11.8 Å². The fourth-order valence-electron chi connectivity index (χ4n) is 4.51. The largest absolute Gasteiger partial charge is 0.359 e. The molecule has 0 bridgehead atoms. The molecule has 6 nitrogen and oxygen atoms in total. The molecule has 1 saturated carbocycles. The molecular weight excluding hydrogens is 398 g/mol. The Morgan fingerprint density at radius 1 is 1.13 bits per heavy atom. The summed E-state index contributed by atoms with van der Waals surface area (Å²) in [5.41, 5.74) is 2.44. The van der Waals surface area contributed by atoms with Crippen LogP contribution < -0.4 is 16.6 Å². The number of nitrogens with zero attached hydrogens (tertiary/aromatic N) is 2. The molecule has 1 N–H and O–H groups in total. The molecule has 1 aliphatic rings. The SMILES string of the molecule is CNC(=O)C1CCC(Cn2c(=O)c3sccc3n(Cc3cccc(C)c3)c2=O)CC1. The third kappa shape index (κ3) is 3.99. The molecule has 1 amide bonds. The standard InChI is InChI=1S/C23H27N3O3S/c1-15-4-3-5-17(12-15)14-25-19-10-11-30-20(19)22(28)26(23(25)29)13-16-6-8-18(9-7-16)21(27)24-2/h3-5,10-12,16,18H,6-9,13-14H2,1-2H3,(H,24,27). The van der Waals surface area contributed by atoms with E-state index in [9.17, 15) is 14.4 Å². The normalized spacial score (nSPS) is 19.1. The van der Waals surface area contributed by atoms with Crippen LogP contribution in [0.25, 0.3) is 10.2 Å². The summed E-state index contributed by atoms with van der Waals surface area (Å²) in [4.78, 5) is 38.3. The summed E-state index contributed by atoms with van der Waals surface area (Å²) >= 11 is 1.39. The van der Waals surface area contributed by atoms with E-state index < -0.39 is 0 Å². The first-order chi connectivity index (χ1) is 14.5. The molecule has 3 aromatic rings. The zero-order valence-corrected chi connectivity index (χ0v) is 18.2.